The molecule has 5 heteroatoms. The van der Waals surface area contributed by atoms with Gasteiger partial charge in [-0.3, -0.25) is 0 Å². The Morgan fingerprint density at radius 1 is 1.47 bits per heavy atom. The number of hydrogen-bond acceptors (Lipinski definition) is 5. The molecule has 0 aliphatic rings. The van der Waals surface area contributed by atoms with Crippen LogP contribution in [-0.4, -0.2) is 15.1 Å². The van der Waals surface area contributed by atoms with E-state index in [2.05, 4.69) is 9.97 Å². The van der Waals surface area contributed by atoms with Gasteiger partial charge in [-0.15, -0.1) is 11.3 Å². The minimum atomic E-state index is -0.780. The molecule has 4 nitrogen and oxygen atoms in total. The lowest BCUT2D eigenvalue weighted by Crippen LogP contribution is -2.05. The highest BCUT2D eigenvalue weighted by Crippen LogP contribution is 2.27. The molecule has 0 aliphatic heterocycles. The van der Waals surface area contributed by atoms with Crippen molar-refractivity contribution >= 4 is 17.2 Å². The van der Waals surface area contributed by atoms with Crippen LogP contribution in [0.15, 0.2) is 23.8 Å². The molecule has 2 aromatic heterocycles. The quantitative estimate of drug-likeness (QED) is 0.806. The van der Waals surface area contributed by atoms with E-state index >= 15 is 0 Å². The summed E-state index contributed by atoms with van der Waals surface area (Å²) >= 11 is 1.40. The van der Waals surface area contributed by atoms with E-state index in [4.69, 9.17) is 5.73 Å². The summed E-state index contributed by atoms with van der Waals surface area (Å²) in [6.45, 7) is 1.91. The van der Waals surface area contributed by atoms with Crippen LogP contribution in [0.5, 0.6) is 0 Å². The normalized spacial score (nSPS) is 12.7. The largest absolute Gasteiger partial charge is 0.383 e. The molecule has 0 saturated heterocycles. The summed E-state index contributed by atoms with van der Waals surface area (Å²) in [4.78, 5) is 8.05. The van der Waals surface area contributed by atoms with Gasteiger partial charge in [0.05, 0.1) is 0 Å². The molecule has 0 aromatic carbocycles. The van der Waals surface area contributed by atoms with Crippen molar-refractivity contribution in [2.75, 3.05) is 5.73 Å². The number of aliphatic hydroxyl groups is 1. The Hall–Kier alpha value is -1.46. The van der Waals surface area contributed by atoms with Crippen molar-refractivity contribution in [2.45, 2.75) is 13.0 Å². The molecule has 0 saturated carbocycles. The van der Waals surface area contributed by atoms with Gasteiger partial charge in [0.2, 0.25) is 0 Å². The fourth-order valence-electron chi connectivity index (χ4n) is 1.32. The topological polar surface area (TPSA) is 72.0 Å². The van der Waals surface area contributed by atoms with Gasteiger partial charge in [-0.2, -0.15) is 0 Å². The number of rotatable bonds is 2. The highest BCUT2D eigenvalue weighted by Gasteiger charge is 2.16. The Balaban J connectivity index is 2.41. The molecule has 1 atom stereocenters. The Kier molecular flexibility index (Phi) is 2.66. The molecular formula is C10H11N3OS. The number of aliphatic hydroxyl groups excluding tert-OH is 1. The van der Waals surface area contributed by atoms with Crippen molar-refractivity contribution in [3.63, 3.8) is 0 Å². The zero-order chi connectivity index (χ0) is 10.8. The van der Waals surface area contributed by atoms with Crippen LogP contribution in [-0.2, 0) is 0 Å². The fourth-order valence-corrected chi connectivity index (χ4v) is 1.96. The van der Waals surface area contributed by atoms with Crippen molar-refractivity contribution in [1.82, 2.24) is 9.97 Å². The van der Waals surface area contributed by atoms with Crippen molar-refractivity contribution in [3.05, 3.63) is 40.0 Å². The second-order valence-electron chi connectivity index (χ2n) is 3.26. The molecule has 78 valence electrons. The van der Waals surface area contributed by atoms with Crippen molar-refractivity contribution < 1.29 is 5.11 Å². The molecule has 0 aliphatic carbocycles. The monoisotopic (exact) mass is 221 g/mol. The first-order chi connectivity index (χ1) is 7.18. The van der Waals surface area contributed by atoms with Gasteiger partial charge in [-0.25, -0.2) is 9.97 Å². The molecule has 15 heavy (non-hydrogen) atoms. The number of nitrogens with two attached hydrogens (primary N) is 1. The van der Waals surface area contributed by atoms with E-state index < -0.39 is 6.10 Å². The third kappa shape index (κ3) is 1.98. The average Bonchev–Trinajstić information content (AvgIpc) is 2.74. The molecule has 0 radical (unpaired) electrons. The summed E-state index contributed by atoms with van der Waals surface area (Å²) in [7, 11) is 0. The Morgan fingerprint density at radius 2 is 2.27 bits per heavy atom. The van der Waals surface area contributed by atoms with Crippen LogP contribution < -0.4 is 5.73 Å². The van der Waals surface area contributed by atoms with E-state index in [0.29, 0.717) is 16.4 Å². The summed E-state index contributed by atoms with van der Waals surface area (Å²) < 4.78 is 0. The second kappa shape index (κ2) is 3.96. The second-order valence-corrected chi connectivity index (χ2v) is 4.19. The summed E-state index contributed by atoms with van der Waals surface area (Å²) in [6, 6.07) is 1.83. The van der Waals surface area contributed by atoms with E-state index in [1.165, 1.54) is 11.3 Å². The lowest BCUT2D eigenvalue weighted by molar-refractivity contribution is 0.220. The molecular weight excluding hydrogens is 210 g/mol. The van der Waals surface area contributed by atoms with Crippen LogP contribution in [0.4, 0.5) is 5.82 Å². The lowest BCUT2D eigenvalue weighted by Gasteiger charge is -2.10. The smallest absolute Gasteiger partial charge is 0.134 e. The van der Waals surface area contributed by atoms with Crippen molar-refractivity contribution in [1.29, 1.82) is 0 Å². The maximum absolute atomic E-state index is 10.0. The first-order valence-corrected chi connectivity index (χ1v) is 5.36. The molecule has 0 bridgehead atoms. The van der Waals surface area contributed by atoms with E-state index in [-0.39, 0.29) is 0 Å². The van der Waals surface area contributed by atoms with Gasteiger partial charge in [-0.05, 0) is 18.6 Å². The first-order valence-electron chi connectivity index (χ1n) is 4.48. The van der Waals surface area contributed by atoms with E-state index in [1.807, 2.05) is 18.4 Å². The lowest BCUT2D eigenvalue weighted by atomic mass is 10.1. The Labute approximate surface area is 91.4 Å². The van der Waals surface area contributed by atoms with Gasteiger partial charge >= 0.3 is 0 Å². The minimum absolute atomic E-state index is 0.350. The van der Waals surface area contributed by atoms with Crippen LogP contribution in [0, 0.1) is 6.92 Å². The van der Waals surface area contributed by atoms with Gasteiger partial charge in [-0.1, -0.05) is 0 Å². The average molecular weight is 221 g/mol. The Bertz CT molecular complexity index is 456. The van der Waals surface area contributed by atoms with Crippen LogP contribution in [0.2, 0.25) is 0 Å². The molecule has 2 heterocycles. The predicted octanol–water partition coefficient (Wildman–Crippen LogP) is 1.51. The van der Waals surface area contributed by atoms with Crippen LogP contribution in [0.1, 0.15) is 22.2 Å². The maximum Gasteiger partial charge on any atom is 0.134 e. The molecule has 1 unspecified atom stereocenters. The molecule has 0 spiro atoms. The summed E-state index contributed by atoms with van der Waals surface area (Å²) in [5.41, 5.74) is 7.29. The third-order valence-electron chi connectivity index (χ3n) is 2.07. The summed E-state index contributed by atoms with van der Waals surface area (Å²) in [5.74, 6) is 0.350. The van der Waals surface area contributed by atoms with Gasteiger partial charge < -0.3 is 10.8 Å². The highest BCUT2D eigenvalue weighted by atomic mass is 32.1. The number of nitrogens with zero attached hydrogens (tertiary/aromatic N) is 2. The number of aryl methyl sites for hydroxylation is 1. The maximum atomic E-state index is 10.0. The van der Waals surface area contributed by atoms with Gasteiger partial charge in [0.1, 0.15) is 16.9 Å². The van der Waals surface area contributed by atoms with Gasteiger partial charge in [0.25, 0.3) is 0 Å². The van der Waals surface area contributed by atoms with Crippen molar-refractivity contribution in [2.24, 2.45) is 0 Å². The third-order valence-corrected chi connectivity index (χ3v) is 2.89. The fraction of sp³-hybridized carbons (Fsp3) is 0.200. The highest BCUT2D eigenvalue weighted by molar-refractivity contribution is 7.09. The predicted molar refractivity (Wildman–Crippen MR) is 59.6 cm³/mol. The first kappa shape index (κ1) is 10.1. The SMILES string of the molecule is Cc1cnc(N)c(C(O)c2nccs2)c1. The standard InChI is InChI=1S/C10H11N3OS/c1-6-4-7(9(11)13-5-6)8(14)10-12-2-3-15-10/h2-5,8,14H,1H3,(H2,11,13). The zero-order valence-electron chi connectivity index (χ0n) is 8.21. The molecule has 3 N–H and O–H groups in total. The van der Waals surface area contributed by atoms with Crippen LogP contribution in [0.25, 0.3) is 0 Å². The van der Waals surface area contributed by atoms with Crippen LogP contribution in [0.3, 0.4) is 0 Å². The summed E-state index contributed by atoms with van der Waals surface area (Å²) in [5, 5.41) is 12.5. The number of pyridine rings is 1. The molecule has 0 fully saturated rings. The zero-order valence-corrected chi connectivity index (χ0v) is 9.03. The number of thiazole rings is 1. The van der Waals surface area contributed by atoms with Gasteiger partial charge in [0, 0.05) is 23.3 Å². The molecule has 2 rings (SSSR count). The minimum Gasteiger partial charge on any atom is -0.383 e. The molecule has 2 aromatic rings. The van der Waals surface area contributed by atoms with Crippen molar-refractivity contribution in [3.8, 4) is 0 Å². The number of hydrogen-bond donors (Lipinski definition) is 2. The number of nitrogen functional groups attached to an aromatic ring is 1. The summed E-state index contributed by atoms with van der Waals surface area (Å²) in [6.07, 6.45) is 2.55. The van der Waals surface area contributed by atoms with E-state index in [1.54, 1.807) is 12.4 Å². The Morgan fingerprint density at radius 3 is 2.93 bits per heavy atom. The van der Waals surface area contributed by atoms with E-state index in [0.717, 1.165) is 5.56 Å². The number of anilines is 1. The van der Waals surface area contributed by atoms with E-state index in [9.17, 15) is 5.11 Å². The van der Waals surface area contributed by atoms with Gasteiger partial charge in [0.15, 0.2) is 0 Å². The van der Waals surface area contributed by atoms with Crippen LogP contribution >= 0.6 is 11.3 Å². The molecule has 0 amide bonds. The number of aromatic nitrogens is 2.